The van der Waals surface area contributed by atoms with E-state index < -0.39 is 17.5 Å². The van der Waals surface area contributed by atoms with Crippen molar-refractivity contribution >= 4 is 17.7 Å². The van der Waals surface area contributed by atoms with Gasteiger partial charge >= 0.3 is 6.03 Å². The third-order valence-corrected chi connectivity index (χ3v) is 4.58. The summed E-state index contributed by atoms with van der Waals surface area (Å²) in [6, 6.07) is 13.6. The molecule has 1 N–H and O–H groups in total. The summed E-state index contributed by atoms with van der Waals surface area (Å²) in [5.74, 6) is -0.390. The lowest BCUT2D eigenvalue weighted by atomic mass is 9.92. The number of ether oxygens (including phenoxy) is 1. The van der Waals surface area contributed by atoms with Gasteiger partial charge in [-0.15, -0.1) is 0 Å². The molecule has 0 radical (unpaired) electrons. The Labute approximate surface area is 151 Å². The minimum absolute atomic E-state index is 0.340. The average molecular weight is 352 g/mol. The Bertz CT molecular complexity index is 879. The average Bonchev–Trinajstić information content (AvgIpc) is 2.86. The molecule has 1 saturated heterocycles. The zero-order valence-corrected chi connectivity index (χ0v) is 14.9. The van der Waals surface area contributed by atoms with Crippen LogP contribution in [-0.2, 0) is 10.3 Å². The first-order valence-electron chi connectivity index (χ1n) is 8.24. The topological polar surface area (TPSA) is 75.7 Å². The number of nitrogens with zero attached hydrogens (tertiary/aromatic N) is 1. The van der Waals surface area contributed by atoms with Crippen molar-refractivity contribution in [2.45, 2.75) is 19.4 Å². The predicted molar refractivity (Wildman–Crippen MR) is 96.1 cm³/mol. The number of aryl methyl sites for hydroxylation is 1. The normalized spacial score (nSPS) is 19.4. The van der Waals surface area contributed by atoms with Gasteiger partial charge in [0.2, 0.25) is 0 Å². The third-order valence-electron chi connectivity index (χ3n) is 4.58. The second kappa shape index (κ2) is 6.63. The second-order valence-corrected chi connectivity index (χ2v) is 6.44. The molecule has 6 heteroatoms. The first kappa shape index (κ1) is 17.7. The number of carbonyl (C=O) groups excluding carboxylic acids is 3. The third kappa shape index (κ3) is 2.94. The molecular weight excluding hydrogens is 332 g/mol. The van der Waals surface area contributed by atoms with E-state index >= 15 is 0 Å². The largest absolute Gasteiger partial charge is 0.496 e. The van der Waals surface area contributed by atoms with Crippen molar-refractivity contribution in [3.8, 4) is 5.75 Å². The van der Waals surface area contributed by atoms with E-state index in [-0.39, 0.29) is 12.3 Å². The van der Waals surface area contributed by atoms with Crippen molar-refractivity contribution in [2.24, 2.45) is 0 Å². The van der Waals surface area contributed by atoms with E-state index in [0.29, 0.717) is 16.9 Å². The number of methoxy groups -OCH3 is 1. The van der Waals surface area contributed by atoms with E-state index in [2.05, 4.69) is 5.32 Å². The Morgan fingerprint density at radius 1 is 1.15 bits per heavy atom. The number of nitrogens with one attached hydrogen (secondary N) is 1. The number of amides is 3. The lowest BCUT2D eigenvalue weighted by molar-refractivity contribution is -0.130. The number of carbonyl (C=O) groups is 3. The summed E-state index contributed by atoms with van der Waals surface area (Å²) in [6.45, 7) is 3.16. The van der Waals surface area contributed by atoms with Crippen LogP contribution in [0.5, 0.6) is 5.75 Å². The zero-order chi connectivity index (χ0) is 18.9. The number of hydrogen-bond donors (Lipinski definition) is 1. The number of rotatable bonds is 5. The Morgan fingerprint density at radius 3 is 2.50 bits per heavy atom. The summed E-state index contributed by atoms with van der Waals surface area (Å²) in [7, 11) is 1.47. The monoisotopic (exact) mass is 352 g/mol. The molecule has 0 saturated carbocycles. The fourth-order valence-corrected chi connectivity index (χ4v) is 3.08. The molecule has 3 rings (SSSR count). The highest BCUT2D eigenvalue weighted by atomic mass is 16.5. The van der Waals surface area contributed by atoms with Crippen LogP contribution in [0.4, 0.5) is 4.79 Å². The van der Waals surface area contributed by atoms with Crippen LogP contribution in [-0.4, -0.2) is 36.3 Å². The quantitative estimate of drug-likeness (QED) is 0.663. The van der Waals surface area contributed by atoms with Gasteiger partial charge in [0.1, 0.15) is 11.3 Å². The summed E-state index contributed by atoms with van der Waals surface area (Å²) < 4.78 is 5.23. The number of imide groups is 1. The van der Waals surface area contributed by atoms with Crippen LogP contribution in [0.3, 0.4) is 0 Å². The van der Waals surface area contributed by atoms with Gasteiger partial charge in [-0.05, 0) is 31.5 Å². The number of hydrogen-bond acceptors (Lipinski definition) is 4. The lowest BCUT2D eigenvalue weighted by Crippen LogP contribution is -2.41. The van der Waals surface area contributed by atoms with Crippen molar-refractivity contribution in [1.29, 1.82) is 0 Å². The van der Waals surface area contributed by atoms with E-state index in [1.54, 1.807) is 43.3 Å². The standard InChI is InChI=1S/C20H20N2O4/c1-13-9-10-17(26-3)15(11-13)16(23)12-22-18(24)20(2,21-19(22)25)14-7-5-4-6-8-14/h4-11H,12H2,1-3H3,(H,21,25)/t20-/m1/s1. The number of urea groups is 1. The maximum absolute atomic E-state index is 12.9. The van der Waals surface area contributed by atoms with Gasteiger partial charge < -0.3 is 10.1 Å². The minimum Gasteiger partial charge on any atom is -0.496 e. The van der Waals surface area contributed by atoms with Gasteiger partial charge in [0.05, 0.1) is 19.2 Å². The smallest absolute Gasteiger partial charge is 0.325 e. The summed E-state index contributed by atoms with van der Waals surface area (Å²) in [4.78, 5) is 38.9. The maximum atomic E-state index is 12.9. The van der Waals surface area contributed by atoms with Crippen LogP contribution < -0.4 is 10.1 Å². The van der Waals surface area contributed by atoms with Crippen molar-refractivity contribution in [1.82, 2.24) is 10.2 Å². The Balaban J connectivity index is 1.87. The van der Waals surface area contributed by atoms with Crippen LogP contribution in [0.25, 0.3) is 0 Å². The summed E-state index contributed by atoms with van der Waals surface area (Å²) in [6.07, 6.45) is 0. The molecule has 1 aliphatic rings. The van der Waals surface area contributed by atoms with Crippen LogP contribution in [0.1, 0.15) is 28.4 Å². The molecule has 26 heavy (non-hydrogen) atoms. The Hall–Kier alpha value is -3.15. The molecular formula is C20H20N2O4. The maximum Gasteiger partial charge on any atom is 0.325 e. The second-order valence-electron chi connectivity index (χ2n) is 6.44. The number of benzene rings is 2. The summed E-state index contributed by atoms with van der Waals surface area (Å²) >= 11 is 0. The van der Waals surface area contributed by atoms with Crippen LogP contribution in [0.15, 0.2) is 48.5 Å². The molecule has 1 heterocycles. The fourth-order valence-electron chi connectivity index (χ4n) is 3.08. The molecule has 0 spiro atoms. The molecule has 0 aromatic heterocycles. The Kier molecular flexibility index (Phi) is 4.50. The molecule has 134 valence electrons. The molecule has 2 aromatic rings. The van der Waals surface area contributed by atoms with Gasteiger partial charge in [0.15, 0.2) is 5.78 Å². The highest BCUT2D eigenvalue weighted by molar-refractivity contribution is 6.11. The van der Waals surface area contributed by atoms with Crippen molar-refractivity contribution in [3.63, 3.8) is 0 Å². The molecule has 1 aliphatic heterocycles. The van der Waals surface area contributed by atoms with Gasteiger partial charge in [0.25, 0.3) is 5.91 Å². The zero-order valence-electron chi connectivity index (χ0n) is 14.9. The predicted octanol–water partition coefficient (Wildman–Crippen LogP) is 2.65. The van der Waals surface area contributed by atoms with E-state index in [0.717, 1.165) is 10.5 Å². The highest BCUT2D eigenvalue weighted by Gasteiger charge is 2.49. The first-order chi connectivity index (χ1) is 12.4. The first-order valence-corrected chi connectivity index (χ1v) is 8.24. The summed E-state index contributed by atoms with van der Waals surface area (Å²) in [5.41, 5.74) is 0.721. The fraction of sp³-hybridized carbons (Fsp3) is 0.250. The molecule has 2 aromatic carbocycles. The molecule has 0 unspecified atom stereocenters. The van der Waals surface area contributed by atoms with Gasteiger partial charge in [-0.3, -0.25) is 14.5 Å². The van der Waals surface area contributed by atoms with Crippen LogP contribution in [0.2, 0.25) is 0 Å². The van der Waals surface area contributed by atoms with E-state index in [4.69, 9.17) is 4.74 Å². The van der Waals surface area contributed by atoms with E-state index in [9.17, 15) is 14.4 Å². The molecule has 0 aliphatic carbocycles. The van der Waals surface area contributed by atoms with Gasteiger partial charge in [-0.2, -0.15) is 0 Å². The van der Waals surface area contributed by atoms with E-state index in [1.807, 2.05) is 19.1 Å². The Morgan fingerprint density at radius 2 is 1.85 bits per heavy atom. The number of ketones is 1. The van der Waals surface area contributed by atoms with Crippen molar-refractivity contribution in [2.75, 3.05) is 13.7 Å². The van der Waals surface area contributed by atoms with Gasteiger partial charge in [-0.1, -0.05) is 42.0 Å². The van der Waals surface area contributed by atoms with Crippen molar-refractivity contribution < 1.29 is 19.1 Å². The van der Waals surface area contributed by atoms with E-state index in [1.165, 1.54) is 7.11 Å². The molecule has 6 nitrogen and oxygen atoms in total. The lowest BCUT2D eigenvalue weighted by Gasteiger charge is -2.22. The number of Topliss-reactive ketones (excluding diaryl/α,β-unsaturated/α-hetero) is 1. The molecule has 0 bridgehead atoms. The van der Waals surface area contributed by atoms with Gasteiger partial charge in [0, 0.05) is 0 Å². The van der Waals surface area contributed by atoms with Crippen LogP contribution in [0, 0.1) is 6.92 Å². The highest BCUT2D eigenvalue weighted by Crippen LogP contribution is 2.29. The molecule has 1 fully saturated rings. The summed E-state index contributed by atoms with van der Waals surface area (Å²) in [5, 5.41) is 2.70. The molecule has 3 amide bonds. The van der Waals surface area contributed by atoms with Gasteiger partial charge in [-0.25, -0.2) is 4.79 Å². The minimum atomic E-state index is -1.19. The van der Waals surface area contributed by atoms with Crippen molar-refractivity contribution in [3.05, 3.63) is 65.2 Å². The molecule has 1 atom stereocenters. The SMILES string of the molecule is COc1ccc(C)cc1C(=O)CN1C(=O)N[C@](C)(c2ccccc2)C1=O. The van der Waals surface area contributed by atoms with Crippen LogP contribution >= 0.6 is 0 Å².